The Bertz CT molecular complexity index is 356. The van der Waals surface area contributed by atoms with Crippen LogP contribution in [-0.2, 0) is 14.4 Å². The molecule has 0 fully saturated rings. The van der Waals surface area contributed by atoms with E-state index < -0.39 is 42.9 Å². The molecule has 0 aromatic carbocycles. The molecule has 0 saturated heterocycles. The molecule has 1 unspecified atom stereocenters. The Morgan fingerprint density at radius 1 is 0.952 bits per heavy atom. The summed E-state index contributed by atoms with van der Waals surface area (Å²) in [6, 6.07) is -2.36. The molecule has 0 heterocycles. The molecular weight excluding hydrogens is 284 g/mol. The van der Waals surface area contributed by atoms with Crippen LogP contribution in [-0.4, -0.2) is 51.8 Å². The maximum absolute atomic E-state index is 11.0. The number of unbranched alkanes of at least 4 members (excludes halogenated alkanes) is 1. The number of amides is 2. The molecule has 9 heteroatoms. The van der Waals surface area contributed by atoms with Crippen LogP contribution in [0.5, 0.6) is 0 Å². The fraction of sp³-hybridized carbons (Fsp3) is 0.667. The van der Waals surface area contributed by atoms with E-state index in [2.05, 4.69) is 13.8 Å². The number of hydrogen-bond donors (Lipinski definition) is 5. The SMILES string of the molecule is CCCC.O=C(O)CCC(NC(=O)NCC(=O)O)C(=O)O. The summed E-state index contributed by atoms with van der Waals surface area (Å²) >= 11 is 0. The zero-order valence-corrected chi connectivity index (χ0v) is 12.1. The zero-order chi connectivity index (χ0) is 16.8. The van der Waals surface area contributed by atoms with Gasteiger partial charge in [0.1, 0.15) is 12.6 Å². The first-order valence-electron chi connectivity index (χ1n) is 6.45. The van der Waals surface area contributed by atoms with E-state index in [1.54, 1.807) is 0 Å². The van der Waals surface area contributed by atoms with Gasteiger partial charge in [0, 0.05) is 6.42 Å². The van der Waals surface area contributed by atoms with E-state index >= 15 is 0 Å². The number of carboxylic acid groups (broad SMARTS) is 3. The smallest absolute Gasteiger partial charge is 0.326 e. The van der Waals surface area contributed by atoms with Crippen LogP contribution >= 0.6 is 0 Å². The number of aliphatic carboxylic acids is 3. The molecule has 0 saturated carbocycles. The third-order valence-corrected chi connectivity index (χ3v) is 2.15. The largest absolute Gasteiger partial charge is 0.481 e. The predicted octanol–water partition coefficient (Wildman–Crippen LogP) is 0.495. The second-order valence-electron chi connectivity index (χ2n) is 4.04. The molecule has 0 spiro atoms. The van der Waals surface area contributed by atoms with Crippen LogP contribution in [0.25, 0.3) is 0 Å². The van der Waals surface area contributed by atoms with Crippen LogP contribution in [0, 0.1) is 0 Å². The van der Waals surface area contributed by atoms with Crippen molar-refractivity contribution in [2.75, 3.05) is 6.54 Å². The number of urea groups is 1. The minimum absolute atomic E-state index is 0.287. The average Bonchev–Trinajstić information content (AvgIpc) is 2.40. The molecule has 1 atom stereocenters. The number of carboxylic acids is 3. The third-order valence-electron chi connectivity index (χ3n) is 2.15. The lowest BCUT2D eigenvalue weighted by Gasteiger charge is -2.13. The van der Waals surface area contributed by atoms with Crippen molar-refractivity contribution in [3.63, 3.8) is 0 Å². The molecule has 2 amide bonds. The second kappa shape index (κ2) is 12.7. The Labute approximate surface area is 122 Å². The van der Waals surface area contributed by atoms with E-state index in [1.807, 2.05) is 10.6 Å². The van der Waals surface area contributed by atoms with Crippen molar-refractivity contribution in [3.8, 4) is 0 Å². The standard InChI is InChI=1S/C8H12N2O7.C4H10/c11-5(12)2-1-4(7(15)16)10-8(17)9-3-6(13)14;1-3-4-2/h4H,1-3H2,(H,11,12)(H,13,14)(H,15,16)(H2,9,10,17);3-4H2,1-2H3. The van der Waals surface area contributed by atoms with Gasteiger partial charge in [0.25, 0.3) is 0 Å². The van der Waals surface area contributed by atoms with Gasteiger partial charge in [-0.25, -0.2) is 9.59 Å². The van der Waals surface area contributed by atoms with Gasteiger partial charge in [0.2, 0.25) is 0 Å². The molecule has 0 rings (SSSR count). The van der Waals surface area contributed by atoms with Crippen LogP contribution in [0.3, 0.4) is 0 Å². The first kappa shape index (κ1) is 21.0. The molecule has 5 N–H and O–H groups in total. The van der Waals surface area contributed by atoms with Crippen LogP contribution < -0.4 is 10.6 Å². The summed E-state index contributed by atoms with van der Waals surface area (Å²) in [4.78, 5) is 42.0. The van der Waals surface area contributed by atoms with Crippen molar-refractivity contribution in [2.45, 2.75) is 45.6 Å². The number of rotatable bonds is 8. The van der Waals surface area contributed by atoms with Crippen LogP contribution in [0.15, 0.2) is 0 Å². The maximum atomic E-state index is 11.0. The van der Waals surface area contributed by atoms with E-state index in [4.69, 9.17) is 15.3 Å². The van der Waals surface area contributed by atoms with Crippen molar-refractivity contribution >= 4 is 23.9 Å². The average molecular weight is 306 g/mol. The topological polar surface area (TPSA) is 153 Å². The van der Waals surface area contributed by atoms with Crippen LogP contribution in [0.4, 0.5) is 4.79 Å². The fourth-order valence-electron chi connectivity index (χ4n) is 0.890. The van der Waals surface area contributed by atoms with Gasteiger partial charge in [0.15, 0.2) is 0 Å². The van der Waals surface area contributed by atoms with Crippen molar-refractivity contribution in [2.24, 2.45) is 0 Å². The first-order valence-corrected chi connectivity index (χ1v) is 6.45. The van der Waals surface area contributed by atoms with E-state index in [0.29, 0.717) is 0 Å². The summed E-state index contributed by atoms with van der Waals surface area (Å²) in [6.07, 6.45) is 1.93. The predicted molar refractivity (Wildman–Crippen MR) is 73.0 cm³/mol. The van der Waals surface area contributed by atoms with E-state index in [9.17, 15) is 19.2 Å². The first-order chi connectivity index (χ1) is 9.74. The van der Waals surface area contributed by atoms with Gasteiger partial charge in [-0.05, 0) is 6.42 Å². The van der Waals surface area contributed by atoms with Gasteiger partial charge in [-0.15, -0.1) is 0 Å². The third kappa shape index (κ3) is 15.6. The molecule has 0 aliphatic heterocycles. The van der Waals surface area contributed by atoms with Gasteiger partial charge in [-0.3, -0.25) is 9.59 Å². The lowest BCUT2D eigenvalue weighted by molar-refractivity contribution is -0.140. The summed E-state index contributed by atoms with van der Waals surface area (Å²) in [5.41, 5.74) is 0. The van der Waals surface area contributed by atoms with Crippen molar-refractivity contribution in [1.82, 2.24) is 10.6 Å². The highest BCUT2D eigenvalue weighted by Gasteiger charge is 2.20. The van der Waals surface area contributed by atoms with E-state index in [-0.39, 0.29) is 6.42 Å². The number of carbonyl (C=O) groups is 4. The van der Waals surface area contributed by atoms with E-state index in [1.165, 1.54) is 12.8 Å². The Hall–Kier alpha value is -2.32. The molecule has 0 aromatic rings. The van der Waals surface area contributed by atoms with Gasteiger partial charge in [0.05, 0.1) is 0 Å². The van der Waals surface area contributed by atoms with Gasteiger partial charge in [-0.2, -0.15) is 0 Å². The molecule has 0 aromatic heterocycles. The monoisotopic (exact) mass is 306 g/mol. The lowest BCUT2D eigenvalue weighted by Crippen LogP contribution is -2.47. The molecular formula is C12H22N2O7. The van der Waals surface area contributed by atoms with Gasteiger partial charge in [-0.1, -0.05) is 26.7 Å². The fourth-order valence-corrected chi connectivity index (χ4v) is 0.890. The normalized spacial score (nSPS) is 10.6. The number of nitrogens with one attached hydrogen (secondary N) is 2. The number of hydrogen-bond acceptors (Lipinski definition) is 4. The quantitative estimate of drug-likeness (QED) is 0.437. The van der Waals surface area contributed by atoms with E-state index in [0.717, 1.165) is 0 Å². The zero-order valence-electron chi connectivity index (χ0n) is 12.1. The summed E-state index contributed by atoms with van der Waals surface area (Å²) in [5.74, 6) is -3.86. The second-order valence-corrected chi connectivity index (χ2v) is 4.04. The summed E-state index contributed by atoms with van der Waals surface area (Å²) in [6.45, 7) is 3.71. The van der Waals surface area contributed by atoms with Gasteiger partial charge < -0.3 is 26.0 Å². The highest BCUT2D eigenvalue weighted by Crippen LogP contribution is 1.97. The van der Waals surface area contributed by atoms with Crippen molar-refractivity contribution < 1.29 is 34.5 Å². The molecule has 0 bridgehead atoms. The molecule has 0 aliphatic rings. The summed E-state index contributed by atoms with van der Waals surface area (Å²) < 4.78 is 0. The lowest BCUT2D eigenvalue weighted by atomic mass is 10.1. The van der Waals surface area contributed by atoms with Crippen LogP contribution in [0.1, 0.15) is 39.5 Å². The molecule has 0 aliphatic carbocycles. The highest BCUT2D eigenvalue weighted by molar-refractivity contribution is 5.84. The maximum Gasteiger partial charge on any atom is 0.326 e. The minimum Gasteiger partial charge on any atom is -0.481 e. The van der Waals surface area contributed by atoms with Crippen molar-refractivity contribution in [3.05, 3.63) is 0 Å². The highest BCUT2D eigenvalue weighted by atomic mass is 16.4. The van der Waals surface area contributed by atoms with Crippen LogP contribution in [0.2, 0.25) is 0 Å². The van der Waals surface area contributed by atoms with Gasteiger partial charge >= 0.3 is 23.9 Å². The molecule has 9 nitrogen and oxygen atoms in total. The van der Waals surface area contributed by atoms with Crippen molar-refractivity contribution in [1.29, 1.82) is 0 Å². The Morgan fingerprint density at radius 2 is 1.48 bits per heavy atom. The molecule has 21 heavy (non-hydrogen) atoms. The molecule has 0 radical (unpaired) electrons. The Morgan fingerprint density at radius 3 is 1.81 bits per heavy atom. The summed E-state index contributed by atoms with van der Waals surface area (Å²) in [7, 11) is 0. The molecule has 122 valence electrons. The number of carbonyl (C=O) groups excluding carboxylic acids is 1. The summed E-state index contributed by atoms with van der Waals surface area (Å²) in [5, 5.41) is 29.1. The Balaban J connectivity index is 0. The minimum atomic E-state index is -1.39. The Kier molecular flexibility index (Phi) is 12.7.